The fourth-order valence-electron chi connectivity index (χ4n) is 1.29. The summed E-state index contributed by atoms with van der Waals surface area (Å²) in [5.41, 5.74) is 0.592. The maximum Gasteiger partial charge on any atom is 0.339 e. The van der Waals surface area contributed by atoms with Gasteiger partial charge in [0.2, 0.25) is 0 Å². The maximum absolute atomic E-state index is 10.9. The summed E-state index contributed by atoms with van der Waals surface area (Å²) in [4.78, 5) is 14.7. The first-order valence-electron chi connectivity index (χ1n) is 4.61. The van der Waals surface area contributed by atoms with E-state index in [-0.39, 0.29) is 5.56 Å². The Hall–Kier alpha value is -2.37. The Morgan fingerprint density at radius 2 is 2.31 bits per heavy atom. The van der Waals surface area contributed by atoms with E-state index in [0.29, 0.717) is 11.5 Å². The number of hydrogen-bond donors (Lipinski definition) is 2. The van der Waals surface area contributed by atoms with Gasteiger partial charge in [0.25, 0.3) is 0 Å². The molecule has 0 aliphatic heterocycles. The van der Waals surface area contributed by atoms with Crippen molar-refractivity contribution in [2.45, 2.75) is 0 Å². The average molecular weight is 218 g/mol. The normalized spacial score (nSPS) is 10.1. The number of aryl methyl sites for hydroxylation is 1. The van der Waals surface area contributed by atoms with Gasteiger partial charge in [-0.1, -0.05) is 0 Å². The standard InChI is InChI=1S/C10H10N4O2/c1-14-5-3-9(13-14)12-8-2-4-11-6-7(8)10(15)16/h2-6H,1H3,(H,15,16)(H,11,12,13). The zero-order chi connectivity index (χ0) is 11.5. The molecule has 0 fully saturated rings. The van der Waals surface area contributed by atoms with Gasteiger partial charge in [-0.3, -0.25) is 9.67 Å². The summed E-state index contributed by atoms with van der Waals surface area (Å²) in [5.74, 6) is -0.428. The molecule has 0 spiro atoms. The molecule has 2 aromatic rings. The highest BCUT2D eigenvalue weighted by Crippen LogP contribution is 2.18. The van der Waals surface area contributed by atoms with Crippen LogP contribution in [-0.4, -0.2) is 25.8 Å². The molecule has 2 aromatic heterocycles. The molecule has 6 nitrogen and oxygen atoms in total. The van der Waals surface area contributed by atoms with Crippen LogP contribution in [0.2, 0.25) is 0 Å². The van der Waals surface area contributed by atoms with Gasteiger partial charge in [-0.05, 0) is 6.07 Å². The maximum atomic E-state index is 10.9. The Kier molecular flexibility index (Phi) is 2.55. The van der Waals surface area contributed by atoms with Crippen molar-refractivity contribution in [1.29, 1.82) is 0 Å². The largest absolute Gasteiger partial charge is 0.478 e. The molecule has 0 bridgehead atoms. The molecule has 82 valence electrons. The van der Waals surface area contributed by atoms with E-state index in [0.717, 1.165) is 0 Å². The first-order valence-corrected chi connectivity index (χ1v) is 4.61. The van der Waals surface area contributed by atoms with Gasteiger partial charge in [-0.25, -0.2) is 4.79 Å². The van der Waals surface area contributed by atoms with E-state index in [2.05, 4.69) is 15.4 Å². The van der Waals surface area contributed by atoms with Gasteiger partial charge in [-0.2, -0.15) is 5.10 Å². The van der Waals surface area contributed by atoms with E-state index in [4.69, 9.17) is 5.11 Å². The summed E-state index contributed by atoms with van der Waals surface area (Å²) >= 11 is 0. The summed E-state index contributed by atoms with van der Waals surface area (Å²) in [6.07, 6.45) is 4.59. The topological polar surface area (TPSA) is 80.0 Å². The minimum atomic E-state index is -1.02. The summed E-state index contributed by atoms with van der Waals surface area (Å²) in [7, 11) is 1.79. The predicted octanol–water partition coefficient (Wildman–Crippen LogP) is 1.26. The molecule has 0 radical (unpaired) electrons. The van der Waals surface area contributed by atoms with Crippen LogP contribution in [0, 0.1) is 0 Å². The van der Waals surface area contributed by atoms with E-state index in [1.165, 1.54) is 12.4 Å². The number of pyridine rings is 1. The van der Waals surface area contributed by atoms with Crippen LogP contribution in [0.15, 0.2) is 30.7 Å². The first kappa shape index (κ1) is 10.2. The van der Waals surface area contributed by atoms with Crippen molar-refractivity contribution < 1.29 is 9.90 Å². The number of carboxylic acid groups (broad SMARTS) is 1. The smallest absolute Gasteiger partial charge is 0.339 e. The Labute approximate surface area is 91.6 Å². The summed E-state index contributed by atoms with van der Waals surface area (Å²) in [6.45, 7) is 0. The average Bonchev–Trinajstić information content (AvgIpc) is 2.64. The van der Waals surface area contributed by atoms with Crippen LogP contribution in [-0.2, 0) is 7.05 Å². The quantitative estimate of drug-likeness (QED) is 0.810. The van der Waals surface area contributed by atoms with Crippen molar-refractivity contribution in [2.24, 2.45) is 7.05 Å². The van der Waals surface area contributed by atoms with Gasteiger partial charge in [-0.15, -0.1) is 0 Å². The highest BCUT2D eigenvalue weighted by atomic mass is 16.4. The molecule has 0 saturated carbocycles. The molecule has 0 unspecified atom stereocenters. The number of nitrogens with zero attached hydrogens (tertiary/aromatic N) is 3. The number of rotatable bonds is 3. The monoisotopic (exact) mass is 218 g/mol. The van der Waals surface area contributed by atoms with Crippen molar-refractivity contribution in [3.63, 3.8) is 0 Å². The van der Waals surface area contributed by atoms with Crippen LogP contribution in [0.25, 0.3) is 0 Å². The molecular formula is C10H10N4O2. The van der Waals surface area contributed by atoms with Crippen molar-refractivity contribution in [1.82, 2.24) is 14.8 Å². The number of carbonyl (C=O) groups is 1. The van der Waals surface area contributed by atoms with E-state index >= 15 is 0 Å². The zero-order valence-corrected chi connectivity index (χ0v) is 8.58. The van der Waals surface area contributed by atoms with Crippen molar-refractivity contribution >= 4 is 17.5 Å². The SMILES string of the molecule is Cn1ccc(Nc2ccncc2C(=O)O)n1. The van der Waals surface area contributed by atoms with E-state index in [1.807, 2.05) is 0 Å². The van der Waals surface area contributed by atoms with E-state index < -0.39 is 5.97 Å². The molecule has 2 heterocycles. The molecule has 2 N–H and O–H groups in total. The number of aromatic carboxylic acids is 1. The highest BCUT2D eigenvalue weighted by Gasteiger charge is 2.10. The second-order valence-corrected chi connectivity index (χ2v) is 3.23. The van der Waals surface area contributed by atoms with E-state index in [1.54, 1.807) is 30.1 Å². The van der Waals surface area contributed by atoms with Crippen molar-refractivity contribution in [3.8, 4) is 0 Å². The Bertz CT molecular complexity index is 521. The molecule has 0 saturated heterocycles. The predicted molar refractivity (Wildman–Crippen MR) is 57.7 cm³/mol. The third kappa shape index (κ3) is 2.00. The lowest BCUT2D eigenvalue weighted by molar-refractivity contribution is 0.0697. The third-order valence-electron chi connectivity index (χ3n) is 2.03. The molecule has 0 aromatic carbocycles. The Balaban J connectivity index is 2.31. The molecule has 0 amide bonds. The Morgan fingerprint density at radius 1 is 1.50 bits per heavy atom. The molecule has 0 aliphatic rings. The van der Waals surface area contributed by atoms with E-state index in [9.17, 15) is 4.79 Å². The second kappa shape index (κ2) is 4.01. The van der Waals surface area contributed by atoms with Crippen LogP contribution >= 0.6 is 0 Å². The minimum absolute atomic E-state index is 0.119. The van der Waals surface area contributed by atoms with Crippen LogP contribution in [0.3, 0.4) is 0 Å². The van der Waals surface area contributed by atoms with Crippen LogP contribution in [0.5, 0.6) is 0 Å². The molecule has 0 atom stereocenters. The van der Waals surface area contributed by atoms with Crippen LogP contribution in [0.4, 0.5) is 11.5 Å². The van der Waals surface area contributed by atoms with Crippen molar-refractivity contribution in [2.75, 3.05) is 5.32 Å². The van der Waals surface area contributed by atoms with Gasteiger partial charge in [0.1, 0.15) is 5.56 Å². The summed E-state index contributed by atoms with van der Waals surface area (Å²) < 4.78 is 1.63. The summed E-state index contributed by atoms with van der Waals surface area (Å²) in [5, 5.41) is 16.0. The second-order valence-electron chi connectivity index (χ2n) is 3.23. The molecule has 6 heteroatoms. The van der Waals surface area contributed by atoms with Gasteiger partial charge in [0.05, 0.1) is 5.69 Å². The van der Waals surface area contributed by atoms with Gasteiger partial charge < -0.3 is 10.4 Å². The molecule has 0 aliphatic carbocycles. The molecule has 16 heavy (non-hydrogen) atoms. The van der Waals surface area contributed by atoms with Gasteiger partial charge >= 0.3 is 5.97 Å². The number of carboxylic acids is 1. The summed E-state index contributed by atoms with van der Waals surface area (Å²) in [6, 6.07) is 3.35. The Morgan fingerprint density at radius 3 is 2.94 bits per heavy atom. The molecular weight excluding hydrogens is 208 g/mol. The number of anilines is 2. The van der Waals surface area contributed by atoms with Gasteiger partial charge in [0.15, 0.2) is 5.82 Å². The lowest BCUT2D eigenvalue weighted by atomic mass is 10.2. The zero-order valence-electron chi connectivity index (χ0n) is 8.58. The number of nitrogens with one attached hydrogen (secondary N) is 1. The number of aromatic nitrogens is 3. The molecule has 2 rings (SSSR count). The van der Waals surface area contributed by atoms with Crippen LogP contribution < -0.4 is 5.32 Å². The fraction of sp³-hybridized carbons (Fsp3) is 0.100. The van der Waals surface area contributed by atoms with Crippen LogP contribution in [0.1, 0.15) is 10.4 Å². The van der Waals surface area contributed by atoms with Crippen molar-refractivity contribution in [3.05, 3.63) is 36.3 Å². The minimum Gasteiger partial charge on any atom is -0.478 e. The first-order chi connectivity index (χ1) is 7.66. The van der Waals surface area contributed by atoms with Gasteiger partial charge in [0, 0.05) is 31.7 Å². The highest BCUT2D eigenvalue weighted by molar-refractivity contribution is 5.94. The number of hydrogen-bond acceptors (Lipinski definition) is 4. The fourth-order valence-corrected chi connectivity index (χ4v) is 1.29. The third-order valence-corrected chi connectivity index (χ3v) is 2.03. The lowest BCUT2D eigenvalue weighted by Crippen LogP contribution is -2.03. The lowest BCUT2D eigenvalue weighted by Gasteiger charge is -2.05.